The molecule has 3 rings (SSSR count). The number of carbonyl (C=O) groups excluding carboxylic acids is 1. The summed E-state index contributed by atoms with van der Waals surface area (Å²) in [6.07, 6.45) is 0. The Morgan fingerprint density at radius 2 is 1.60 bits per heavy atom. The number of rotatable bonds is 6. The first-order valence-electron chi connectivity index (χ1n) is 9.00. The monoisotopic (exact) mass is 428 g/mol. The minimum absolute atomic E-state index is 0.000242. The predicted molar refractivity (Wildman–Crippen MR) is 112 cm³/mol. The lowest BCUT2D eigenvalue weighted by Gasteiger charge is -2.17. The number of hydrogen-bond donors (Lipinski definition) is 4. The van der Waals surface area contributed by atoms with Gasteiger partial charge in [-0.1, -0.05) is 42.5 Å². The van der Waals surface area contributed by atoms with Crippen molar-refractivity contribution in [2.75, 3.05) is 4.72 Å². The van der Waals surface area contributed by atoms with Crippen molar-refractivity contribution in [3.63, 3.8) is 0 Å². The van der Waals surface area contributed by atoms with E-state index in [9.17, 15) is 22.8 Å². The molecule has 156 valence electrons. The molecule has 1 aromatic heterocycles. The van der Waals surface area contributed by atoms with Crippen molar-refractivity contribution in [1.29, 1.82) is 0 Å². The Morgan fingerprint density at radius 1 is 0.967 bits per heavy atom. The van der Waals surface area contributed by atoms with Gasteiger partial charge in [-0.15, -0.1) is 0 Å². The number of nitrogens with one attached hydrogen (secondary N) is 4. The van der Waals surface area contributed by atoms with E-state index in [1.54, 1.807) is 12.1 Å². The van der Waals surface area contributed by atoms with Gasteiger partial charge in [-0.25, -0.2) is 13.2 Å². The van der Waals surface area contributed by atoms with Crippen molar-refractivity contribution in [3.8, 4) is 0 Å². The van der Waals surface area contributed by atoms with Crippen LogP contribution in [0.15, 0.2) is 69.1 Å². The number of H-pyrrole nitrogens is 2. The molecule has 30 heavy (non-hydrogen) atoms. The van der Waals surface area contributed by atoms with Crippen LogP contribution in [0.25, 0.3) is 0 Å². The number of aryl methyl sites for hydroxylation is 1. The zero-order valence-corrected chi connectivity index (χ0v) is 17.0. The molecule has 1 atom stereocenters. The van der Waals surface area contributed by atoms with E-state index in [4.69, 9.17) is 0 Å². The quantitative estimate of drug-likeness (QED) is 0.473. The zero-order valence-electron chi connectivity index (χ0n) is 16.2. The summed E-state index contributed by atoms with van der Waals surface area (Å²) >= 11 is 0. The molecule has 0 fully saturated rings. The minimum atomic E-state index is -4.37. The molecule has 0 aliphatic heterocycles. The van der Waals surface area contributed by atoms with E-state index in [-0.39, 0.29) is 23.0 Å². The Hall–Kier alpha value is -3.66. The van der Waals surface area contributed by atoms with Crippen LogP contribution in [-0.4, -0.2) is 24.3 Å². The predicted octanol–water partition coefficient (Wildman–Crippen LogP) is 1.66. The van der Waals surface area contributed by atoms with Gasteiger partial charge in [0.25, 0.3) is 21.5 Å². The average Bonchev–Trinajstić information content (AvgIpc) is 2.67. The van der Waals surface area contributed by atoms with Gasteiger partial charge in [-0.3, -0.25) is 19.3 Å². The number of aromatic nitrogens is 2. The zero-order chi connectivity index (χ0) is 21.9. The second kappa shape index (κ2) is 8.37. The first-order chi connectivity index (χ1) is 14.2. The van der Waals surface area contributed by atoms with Crippen LogP contribution in [0.2, 0.25) is 0 Å². The Kier molecular flexibility index (Phi) is 5.88. The van der Waals surface area contributed by atoms with Crippen LogP contribution >= 0.6 is 0 Å². The van der Waals surface area contributed by atoms with E-state index >= 15 is 0 Å². The van der Waals surface area contributed by atoms with E-state index in [1.165, 1.54) is 19.1 Å². The van der Waals surface area contributed by atoms with Crippen molar-refractivity contribution in [1.82, 2.24) is 15.3 Å². The van der Waals surface area contributed by atoms with Crippen molar-refractivity contribution < 1.29 is 13.2 Å². The fourth-order valence-corrected chi connectivity index (χ4v) is 4.30. The smallest absolute Gasteiger partial charge is 0.325 e. The summed E-state index contributed by atoms with van der Waals surface area (Å²) in [5.41, 5.74) is -1.01. The maximum atomic E-state index is 12.8. The van der Waals surface area contributed by atoms with Gasteiger partial charge in [0.1, 0.15) is 0 Å². The van der Waals surface area contributed by atoms with E-state index in [0.29, 0.717) is 0 Å². The van der Waals surface area contributed by atoms with Crippen molar-refractivity contribution in [2.45, 2.75) is 24.8 Å². The van der Waals surface area contributed by atoms with Gasteiger partial charge in [0, 0.05) is 5.69 Å². The summed E-state index contributed by atoms with van der Waals surface area (Å²) in [5.74, 6) is -0.489. The number of benzene rings is 2. The Bertz CT molecular complexity index is 1300. The van der Waals surface area contributed by atoms with Gasteiger partial charge in [0.2, 0.25) is 0 Å². The Labute approximate surface area is 172 Å². The highest BCUT2D eigenvalue weighted by molar-refractivity contribution is 7.92. The molecular weight excluding hydrogens is 408 g/mol. The molecule has 0 spiro atoms. The number of sulfonamides is 1. The summed E-state index contributed by atoms with van der Waals surface area (Å²) in [5, 5.41) is 2.82. The van der Waals surface area contributed by atoms with E-state index in [0.717, 1.165) is 5.56 Å². The van der Waals surface area contributed by atoms with Gasteiger partial charge in [0.05, 0.1) is 17.3 Å². The van der Waals surface area contributed by atoms with E-state index < -0.39 is 32.1 Å². The maximum Gasteiger partial charge on any atom is 0.325 e. The molecule has 0 bridgehead atoms. The van der Waals surface area contributed by atoms with Gasteiger partial charge in [0.15, 0.2) is 4.90 Å². The van der Waals surface area contributed by atoms with Gasteiger partial charge in [-0.05, 0) is 31.5 Å². The van der Waals surface area contributed by atoms with Crippen LogP contribution in [-0.2, 0) is 10.0 Å². The van der Waals surface area contributed by atoms with Crippen LogP contribution < -0.4 is 21.3 Å². The first kappa shape index (κ1) is 21.1. The van der Waals surface area contributed by atoms with Crippen LogP contribution in [0, 0.1) is 6.92 Å². The molecule has 2 aromatic carbocycles. The highest BCUT2D eigenvalue weighted by atomic mass is 32.2. The van der Waals surface area contributed by atoms with E-state index in [2.05, 4.69) is 15.0 Å². The number of carbonyl (C=O) groups is 1. The van der Waals surface area contributed by atoms with Crippen LogP contribution in [0.1, 0.15) is 34.6 Å². The minimum Gasteiger partial charge on any atom is -0.345 e. The highest BCUT2D eigenvalue weighted by Gasteiger charge is 2.24. The summed E-state index contributed by atoms with van der Waals surface area (Å²) in [7, 11) is -4.37. The number of amides is 1. The molecule has 0 aliphatic rings. The first-order valence-corrected chi connectivity index (χ1v) is 10.5. The molecule has 4 N–H and O–H groups in total. The summed E-state index contributed by atoms with van der Waals surface area (Å²) in [4.78, 5) is 39.7. The van der Waals surface area contributed by atoms with Crippen LogP contribution in [0.5, 0.6) is 0 Å². The number of anilines is 1. The van der Waals surface area contributed by atoms with Gasteiger partial charge >= 0.3 is 5.69 Å². The molecule has 0 unspecified atom stereocenters. The molecule has 0 aliphatic carbocycles. The fraction of sp³-hybridized carbons (Fsp3) is 0.150. The maximum absolute atomic E-state index is 12.8. The average molecular weight is 428 g/mol. The van der Waals surface area contributed by atoms with Gasteiger partial charge in [-0.2, -0.15) is 0 Å². The molecule has 10 heteroatoms. The second-order valence-corrected chi connectivity index (χ2v) is 8.24. The molecule has 1 amide bonds. The van der Waals surface area contributed by atoms with Gasteiger partial charge < -0.3 is 10.3 Å². The summed E-state index contributed by atoms with van der Waals surface area (Å²) < 4.78 is 27.8. The second-order valence-electron chi connectivity index (χ2n) is 6.62. The Morgan fingerprint density at radius 3 is 2.27 bits per heavy atom. The standard InChI is InChI=1S/C20H20N4O5S/c1-12(14-8-4-3-5-9-14)21-18(25)15-10-6-7-11-16(15)24-30(28,29)17-13(2)22-20(27)23-19(17)26/h3-12,24H,1-2H3,(H,21,25)(H2,22,23,26,27)/t12-/m0/s1. The Balaban J connectivity index is 1.91. The largest absolute Gasteiger partial charge is 0.345 e. The van der Waals surface area contributed by atoms with Crippen molar-refractivity contribution >= 4 is 21.6 Å². The van der Waals surface area contributed by atoms with Crippen molar-refractivity contribution in [3.05, 3.63) is 92.3 Å². The molecule has 0 radical (unpaired) electrons. The molecule has 0 saturated heterocycles. The van der Waals surface area contributed by atoms with Crippen LogP contribution in [0.3, 0.4) is 0 Å². The third-order valence-corrected chi connectivity index (χ3v) is 5.92. The van der Waals surface area contributed by atoms with E-state index in [1.807, 2.05) is 42.2 Å². The third kappa shape index (κ3) is 4.49. The number of para-hydroxylation sites is 1. The SMILES string of the molecule is Cc1[nH]c(=O)[nH]c(=O)c1S(=O)(=O)Nc1ccccc1C(=O)N[C@@H](C)c1ccccc1. The normalized spacial score (nSPS) is 12.2. The molecule has 1 heterocycles. The molecule has 3 aromatic rings. The van der Waals surface area contributed by atoms with Crippen molar-refractivity contribution in [2.24, 2.45) is 0 Å². The third-order valence-electron chi connectivity index (χ3n) is 4.41. The van der Waals surface area contributed by atoms with Crippen LogP contribution in [0.4, 0.5) is 5.69 Å². The lowest BCUT2D eigenvalue weighted by Crippen LogP contribution is -2.32. The summed E-state index contributed by atoms with van der Waals surface area (Å²) in [6.45, 7) is 3.11. The molecule has 9 nitrogen and oxygen atoms in total. The fourth-order valence-electron chi connectivity index (χ4n) is 2.98. The molecular formula is C20H20N4O5S. The summed E-state index contributed by atoms with van der Waals surface area (Å²) in [6, 6.07) is 15.0. The molecule has 0 saturated carbocycles. The number of hydrogen-bond acceptors (Lipinski definition) is 5. The number of aromatic amines is 2. The lowest BCUT2D eigenvalue weighted by atomic mass is 10.1. The topological polar surface area (TPSA) is 141 Å². The highest BCUT2D eigenvalue weighted by Crippen LogP contribution is 2.21. The lowest BCUT2D eigenvalue weighted by molar-refractivity contribution is 0.0941.